The van der Waals surface area contributed by atoms with Crippen LogP contribution in [0, 0.1) is 0 Å². The Morgan fingerprint density at radius 3 is 2.32 bits per heavy atom. The number of carbonyl (C=O) groups is 1. The lowest BCUT2D eigenvalue weighted by Crippen LogP contribution is -2.60. The maximum atomic E-state index is 10.8. The van der Waals surface area contributed by atoms with E-state index in [0.29, 0.717) is 6.26 Å². The van der Waals surface area contributed by atoms with Gasteiger partial charge < -0.3 is 40.1 Å². The summed E-state index contributed by atoms with van der Waals surface area (Å²) in [5, 5.41) is 54.7. The second-order valence-electron chi connectivity index (χ2n) is 3.99. The number of aliphatic hydroxyl groups excluding tert-OH is 5. The van der Waals surface area contributed by atoms with Crippen molar-refractivity contribution in [1.82, 2.24) is 0 Å². The van der Waals surface area contributed by atoms with E-state index in [-0.39, 0.29) is 12.2 Å². The summed E-state index contributed by atoms with van der Waals surface area (Å²) in [4.78, 5) is 10.8. The first kappa shape index (κ1) is 15.8. The minimum absolute atomic E-state index is 0.0586. The van der Waals surface area contributed by atoms with Gasteiger partial charge in [0, 0.05) is 5.57 Å². The van der Waals surface area contributed by atoms with Crippen molar-refractivity contribution in [3.05, 3.63) is 11.8 Å². The van der Waals surface area contributed by atoms with Crippen LogP contribution in [0.15, 0.2) is 11.8 Å². The zero-order valence-corrected chi connectivity index (χ0v) is 9.79. The van der Waals surface area contributed by atoms with Crippen molar-refractivity contribution in [2.24, 2.45) is 0 Å². The quantitative estimate of drug-likeness (QED) is 0.295. The number of aliphatic hydroxyl groups is 5. The maximum absolute atomic E-state index is 10.8. The third kappa shape index (κ3) is 3.62. The van der Waals surface area contributed by atoms with Crippen LogP contribution in [0.1, 0.15) is 0 Å². The highest BCUT2D eigenvalue weighted by atomic mass is 16.7. The summed E-state index contributed by atoms with van der Waals surface area (Å²) < 4.78 is 9.75. The van der Waals surface area contributed by atoms with Crippen LogP contribution in [0.5, 0.6) is 0 Å². The van der Waals surface area contributed by atoms with Gasteiger partial charge >= 0.3 is 5.97 Å². The highest BCUT2D eigenvalue weighted by Gasteiger charge is 2.47. The number of carboxylic acids is 1. The smallest absolute Gasteiger partial charge is 0.335 e. The zero-order valence-electron chi connectivity index (χ0n) is 9.79. The molecule has 9 nitrogen and oxygen atoms in total. The highest BCUT2D eigenvalue weighted by Crippen LogP contribution is 2.22. The van der Waals surface area contributed by atoms with Crippen molar-refractivity contribution in [2.75, 3.05) is 13.2 Å². The molecule has 0 aromatic carbocycles. The van der Waals surface area contributed by atoms with E-state index in [1.165, 1.54) is 0 Å². The normalized spacial score (nSPS) is 36.2. The summed E-state index contributed by atoms with van der Waals surface area (Å²) in [5.74, 6) is -1.52. The van der Waals surface area contributed by atoms with Crippen LogP contribution in [-0.2, 0) is 14.3 Å². The predicted molar refractivity (Wildman–Crippen MR) is 58.1 cm³/mol. The molecule has 0 aromatic rings. The molecular formula is C10H16O9. The fourth-order valence-electron chi connectivity index (χ4n) is 1.50. The van der Waals surface area contributed by atoms with Gasteiger partial charge in [-0.2, -0.15) is 0 Å². The van der Waals surface area contributed by atoms with Crippen molar-refractivity contribution >= 4 is 5.97 Å². The van der Waals surface area contributed by atoms with Gasteiger partial charge in [-0.1, -0.05) is 0 Å². The first-order valence-electron chi connectivity index (χ1n) is 5.39. The van der Waals surface area contributed by atoms with Gasteiger partial charge in [0.2, 0.25) is 0 Å². The van der Waals surface area contributed by atoms with E-state index < -0.39 is 43.3 Å². The van der Waals surface area contributed by atoms with Gasteiger partial charge in [0.15, 0.2) is 12.4 Å². The van der Waals surface area contributed by atoms with Crippen molar-refractivity contribution in [3.63, 3.8) is 0 Å². The van der Waals surface area contributed by atoms with E-state index in [1.54, 1.807) is 0 Å². The molecule has 0 spiro atoms. The molecule has 0 aromatic heterocycles. The van der Waals surface area contributed by atoms with E-state index in [4.69, 9.17) is 24.8 Å². The SMILES string of the molecule is O=C(O)[C@H]1OC(OC/C(=C\O)CO)[C@H](O)[C@@H](O)[C@@H]1O. The molecule has 1 saturated heterocycles. The lowest BCUT2D eigenvalue weighted by molar-refractivity contribution is -0.292. The molecular weight excluding hydrogens is 264 g/mol. The van der Waals surface area contributed by atoms with Gasteiger partial charge in [0.05, 0.1) is 19.5 Å². The molecule has 0 radical (unpaired) electrons. The average Bonchev–Trinajstić information content (AvgIpc) is 2.39. The third-order valence-electron chi connectivity index (χ3n) is 2.63. The molecule has 5 atom stereocenters. The fraction of sp³-hybridized carbons (Fsp3) is 0.700. The zero-order chi connectivity index (χ0) is 14.6. The van der Waals surface area contributed by atoms with Gasteiger partial charge in [-0.15, -0.1) is 0 Å². The molecule has 0 aliphatic carbocycles. The Balaban J connectivity index is 2.69. The molecule has 110 valence electrons. The first-order valence-corrected chi connectivity index (χ1v) is 5.39. The standard InChI is InChI=1S/C10H16O9/c11-1-4(2-12)3-18-10-7(15)5(13)6(14)8(19-10)9(16)17/h1,5-8,10-15H,2-3H2,(H,16,17)/b4-1-/t5-,6-,7+,8-,10?/m0/s1. The number of aliphatic carboxylic acids is 1. The van der Waals surface area contributed by atoms with Crippen LogP contribution in [0.25, 0.3) is 0 Å². The fourth-order valence-corrected chi connectivity index (χ4v) is 1.50. The van der Waals surface area contributed by atoms with Gasteiger partial charge in [0.25, 0.3) is 0 Å². The Morgan fingerprint density at radius 2 is 1.84 bits per heavy atom. The summed E-state index contributed by atoms with van der Waals surface area (Å²) in [7, 11) is 0. The Bertz CT molecular complexity index is 342. The molecule has 1 unspecified atom stereocenters. The van der Waals surface area contributed by atoms with Crippen LogP contribution in [0.3, 0.4) is 0 Å². The van der Waals surface area contributed by atoms with E-state index in [1.807, 2.05) is 0 Å². The van der Waals surface area contributed by atoms with Crippen molar-refractivity contribution in [3.8, 4) is 0 Å². The Morgan fingerprint density at radius 1 is 1.21 bits per heavy atom. The topological polar surface area (TPSA) is 157 Å². The summed E-state index contributed by atoms with van der Waals surface area (Å²) in [6, 6.07) is 0. The minimum Gasteiger partial charge on any atom is -0.515 e. The first-order chi connectivity index (χ1) is 8.92. The monoisotopic (exact) mass is 280 g/mol. The number of hydrogen-bond acceptors (Lipinski definition) is 8. The number of ether oxygens (including phenoxy) is 2. The largest absolute Gasteiger partial charge is 0.515 e. The molecule has 1 aliphatic heterocycles. The Hall–Kier alpha value is -1.23. The molecule has 1 fully saturated rings. The van der Waals surface area contributed by atoms with E-state index in [9.17, 15) is 20.1 Å². The molecule has 19 heavy (non-hydrogen) atoms. The lowest BCUT2D eigenvalue weighted by atomic mass is 9.99. The molecule has 1 heterocycles. The van der Waals surface area contributed by atoms with Crippen LogP contribution in [0.2, 0.25) is 0 Å². The van der Waals surface area contributed by atoms with Crippen LogP contribution < -0.4 is 0 Å². The second kappa shape index (κ2) is 6.80. The summed E-state index contributed by atoms with van der Waals surface area (Å²) in [6.07, 6.45) is -7.88. The number of hydrogen-bond donors (Lipinski definition) is 6. The highest BCUT2D eigenvalue weighted by molar-refractivity contribution is 5.73. The van der Waals surface area contributed by atoms with Gasteiger partial charge in [-0.3, -0.25) is 0 Å². The van der Waals surface area contributed by atoms with Crippen LogP contribution >= 0.6 is 0 Å². The van der Waals surface area contributed by atoms with E-state index in [2.05, 4.69) is 0 Å². The van der Waals surface area contributed by atoms with Gasteiger partial charge in [-0.25, -0.2) is 4.79 Å². The number of rotatable bonds is 5. The van der Waals surface area contributed by atoms with Gasteiger partial charge in [-0.05, 0) is 0 Å². The van der Waals surface area contributed by atoms with Crippen molar-refractivity contribution < 1.29 is 44.9 Å². The maximum Gasteiger partial charge on any atom is 0.335 e. The van der Waals surface area contributed by atoms with E-state index in [0.717, 1.165) is 0 Å². The lowest BCUT2D eigenvalue weighted by Gasteiger charge is -2.38. The second-order valence-corrected chi connectivity index (χ2v) is 3.99. The van der Waals surface area contributed by atoms with E-state index >= 15 is 0 Å². The molecule has 1 rings (SSSR count). The predicted octanol–water partition coefficient (Wildman–Crippen LogP) is -2.67. The summed E-state index contributed by atoms with van der Waals surface area (Å²) >= 11 is 0. The molecule has 0 amide bonds. The molecule has 1 aliphatic rings. The third-order valence-corrected chi connectivity index (χ3v) is 2.63. The summed E-state index contributed by atoms with van der Waals surface area (Å²) in [5.41, 5.74) is 0.0586. The number of carboxylic acid groups (broad SMARTS) is 1. The molecule has 6 N–H and O–H groups in total. The Labute approximate surface area is 107 Å². The molecule has 0 bridgehead atoms. The van der Waals surface area contributed by atoms with Gasteiger partial charge in [0.1, 0.15) is 18.3 Å². The summed E-state index contributed by atoms with van der Waals surface area (Å²) in [6.45, 7) is -0.850. The van der Waals surface area contributed by atoms with Crippen molar-refractivity contribution in [2.45, 2.75) is 30.7 Å². The average molecular weight is 280 g/mol. The molecule has 9 heteroatoms. The van der Waals surface area contributed by atoms with Crippen LogP contribution in [-0.4, -0.2) is 80.5 Å². The van der Waals surface area contributed by atoms with Crippen LogP contribution in [0.4, 0.5) is 0 Å². The molecule has 0 saturated carbocycles. The van der Waals surface area contributed by atoms with Crippen molar-refractivity contribution in [1.29, 1.82) is 0 Å². The Kier molecular flexibility index (Phi) is 5.66. The minimum atomic E-state index is -1.79.